The second-order valence-corrected chi connectivity index (χ2v) is 7.75. The summed E-state index contributed by atoms with van der Waals surface area (Å²) in [6.07, 6.45) is 3.29. The molecule has 1 aromatic heterocycles. The van der Waals surface area contributed by atoms with Crippen molar-refractivity contribution in [2.45, 2.75) is 19.4 Å². The van der Waals surface area contributed by atoms with Crippen molar-refractivity contribution in [2.75, 3.05) is 20.9 Å². The monoisotopic (exact) mass is 351 g/mol. The highest BCUT2D eigenvalue weighted by molar-refractivity contribution is 7.53. The Hall–Kier alpha value is -1.88. The molecule has 130 valence electrons. The lowest BCUT2D eigenvalue weighted by Crippen LogP contribution is -2.27. The molecule has 7 heteroatoms. The SMILES string of the molecule is COc1cc(C(C)(OP(C)(=O)OC)c2cccnc2)cc(C)c1O. The highest BCUT2D eigenvalue weighted by atomic mass is 31.2. The van der Waals surface area contributed by atoms with E-state index in [2.05, 4.69) is 4.98 Å². The van der Waals surface area contributed by atoms with Gasteiger partial charge in [-0.2, -0.15) is 0 Å². The van der Waals surface area contributed by atoms with Crippen molar-refractivity contribution in [3.05, 3.63) is 53.3 Å². The van der Waals surface area contributed by atoms with Gasteiger partial charge in [0.25, 0.3) is 0 Å². The first-order valence-corrected chi connectivity index (χ1v) is 9.35. The molecule has 0 amide bonds. The van der Waals surface area contributed by atoms with Crippen LogP contribution in [0.4, 0.5) is 0 Å². The molecule has 0 fully saturated rings. The zero-order valence-corrected chi connectivity index (χ0v) is 15.3. The summed E-state index contributed by atoms with van der Waals surface area (Å²) in [7, 11) is -0.495. The first kappa shape index (κ1) is 18.5. The van der Waals surface area contributed by atoms with Gasteiger partial charge in [-0.3, -0.25) is 14.1 Å². The van der Waals surface area contributed by atoms with Crippen molar-refractivity contribution in [1.82, 2.24) is 4.98 Å². The average molecular weight is 351 g/mol. The van der Waals surface area contributed by atoms with Gasteiger partial charge in [-0.1, -0.05) is 6.07 Å². The van der Waals surface area contributed by atoms with Crippen LogP contribution >= 0.6 is 7.60 Å². The van der Waals surface area contributed by atoms with Crippen LogP contribution in [0.1, 0.15) is 23.6 Å². The Morgan fingerprint density at radius 3 is 2.50 bits per heavy atom. The molecule has 0 spiro atoms. The van der Waals surface area contributed by atoms with Crippen molar-refractivity contribution in [3.8, 4) is 11.5 Å². The second-order valence-electron chi connectivity index (χ2n) is 5.66. The molecule has 2 unspecified atom stereocenters. The fourth-order valence-electron chi connectivity index (χ4n) is 2.46. The number of aromatic hydroxyl groups is 1. The van der Waals surface area contributed by atoms with E-state index in [1.54, 1.807) is 44.4 Å². The number of rotatable bonds is 6. The number of methoxy groups -OCH3 is 1. The molecule has 0 aliphatic rings. The van der Waals surface area contributed by atoms with Crippen LogP contribution in [-0.2, 0) is 19.2 Å². The average Bonchev–Trinajstić information content (AvgIpc) is 2.57. The summed E-state index contributed by atoms with van der Waals surface area (Å²) >= 11 is 0. The molecular formula is C17H22NO5P. The van der Waals surface area contributed by atoms with Crippen molar-refractivity contribution < 1.29 is 23.5 Å². The smallest absolute Gasteiger partial charge is 0.328 e. The lowest BCUT2D eigenvalue weighted by molar-refractivity contribution is 0.105. The maximum atomic E-state index is 12.5. The van der Waals surface area contributed by atoms with Gasteiger partial charge >= 0.3 is 7.60 Å². The van der Waals surface area contributed by atoms with Crippen LogP contribution in [0.5, 0.6) is 11.5 Å². The van der Waals surface area contributed by atoms with Crippen LogP contribution in [0.3, 0.4) is 0 Å². The summed E-state index contributed by atoms with van der Waals surface area (Å²) in [5.41, 5.74) is 0.893. The summed E-state index contributed by atoms with van der Waals surface area (Å²) in [6, 6.07) is 7.03. The third-order valence-corrected chi connectivity index (χ3v) is 5.29. The normalized spacial score (nSPS) is 16.2. The van der Waals surface area contributed by atoms with E-state index in [0.29, 0.717) is 22.4 Å². The Morgan fingerprint density at radius 1 is 1.25 bits per heavy atom. The topological polar surface area (TPSA) is 77.9 Å². The minimum absolute atomic E-state index is 0.0567. The number of nitrogens with zero attached hydrogens (tertiary/aromatic N) is 1. The second kappa shape index (κ2) is 6.93. The Balaban J connectivity index is 2.67. The van der Waals surface area contributed by atoms with Crippen molar-refractivity contribution >= 4 is 7.60 Å². The van der Waals surface area contributed by atoms with Gasteiger partial charge in [0.1, 0.15) is 5.60 Å². The molecule has 0 bridgehead atoms. The standard InChI is InChI=1S/C17H22NO5P/c1-12-9-14(10-15(21-3)16(12)19)17(2,23-24(5,20)22-4)13-7-6-8-18-11-13/h6-11,19H,1-5H3. The Morgan fingerprint density at radius 2 is 1.96 bits per heavy atom. The molecule has 6 nitrogen and oxygen atoms in total. The van der Waals surface area contributed by atoms with Crippen LogP contribution in [0, 0.1) is 6.92 Å². The van der Waals surface area contributed by atoms with Gasteiger partial charge in [0.05, 0.1) is 7.11 Å². The van der Waals surface area contributed by atoms with Gasteiger partial charge in [0.2, 0.25) is 0 Å². The molecule has 1 N–H and O–H groups in total. The minimum Gasteiger partial charge on any atom is -0.504 e. The van der Waals surface area contributed by atoms with Crippen molar-refractivity contribution in [3.63, 3.8) is 0 Å². The summed E-state index contributed by atoms with van der Waals surface area (Å²) < 4.78 is 28.7. The largest absolute Gasteiger partial charge is 0.504 e. The van der Waals surface area contributed by atoms with Gasteiger partial charge in [0.15, 0.2) is 11.5 Å². The fraction of sp³-hybridized carbons (Fsp3) is 0.353. The molecule has 0 aliphatic carbocycles. The quantitative estimate of drug-likeness (QED) is 0.797. The molecule has 0 radical (unpaired) electrons. The molecule has 2 aromatic rings. The number of hydrogen-bond acceptors (Lipinski definition) is 6. The van der Waals surface area contributed by atoms with E-state index in [1.807, 2.05) is 6.07 Å². The Labute approximate surface area is 141 Å². The van der Waals surface area contributed by atoms with Crippen LogP contribution in [0.2, 0.25) is 0 Å². The first-order valence-electron chi connectivity index (χ1n) is 7.36. The molecule has 1 aromatic carbocycles. The van der Waals surface area contributed by atoms with E-state index in [9.17, 15) is 9.67 Å². The number of benzene rings is 1. The maximum Gasteiger partial charge on any atom is 0.328 e. The number of phenols is 1. The minimum atomic E-state index is -3.31. The van der Waals surface area contributed by atoms with Crippen molar-refractivity contribution in [2.24, 2.45) is 0 Å². The number of hydrogen-bond donors (Lipinski definition) is 1. The zero-order chi connectivity index (χ0) is 18.0. The summed E-state index contributed by atoms with van der Waals surface area (Å²) in [6.45, 7) is 4.95. The first-order chi connectivity index (χ1) is 11.2. The molecule has 0 aliphatic heterocycles. The highest BCUT2D eigenvalue weighted by Gasteiger charge is 2.37. The molecular weight excluding hydrogens is 329 g/mol. The molecule has 2 atom stereocenters. The van der Waals surface area contributed by atoms with Crippen LogP contribution in [-0.4, -0.2) is 31.0 Å². The number of aryl methyl sites for hydroxylation is 1. The van der Waals surface area contributed by atoms with E-state index < -0.39 is 13.2 Å². The predicted molar refractivity (Wildman–Crippen MR) is 91.7 cm³/mol. The summed E-state index contributed by atoms with van der Waals surface area (Å²) in [5, 5.41) is 10.1. The van der Waals surface area contributed by atoms with Crippen LogP contribution in [0.15, 0.2) is 36.7 Å². The zero-order valence-electron chi connectivity index (χ0n) is 14.4. The summed E-state index contributed by atoms with van der Waals surface area (Å²) in [4.78, 5) is 4.12. The van der Waals surface area contributed by atoms with E-state index in [1.165, 1.54) is 20.9 Å². The summed E-state index contributed by atoms with van der Waals surface area (Å²) in [5.74, 6) is 0.369. The fourth-order valence-corrected chi connectivity index (χ4v) is 3.41. The third kappa shape index (κ3) is 3.61. The lowest BCUT2D eigenvalue weighted by atomic mass is 9.88. The Bertz CT molecular complexity index is 765. The molecule has 0 saturated heterocycles. The van der Waals surface area contributed by atoms with Gasteiger partial charge in [0, 0.05) is 31.7 Å². The lowest BCUT2D eigenvalue weighted by Gasteiger charge is -2.33. The van der Waals surface area contributed by atoms with Gasteiger partial charge in [-0.05, 0) is 43.2 Å². The van der Waals surface area contributed by atoms with E-state index >= 15 is 0 Å². The van der Waals surface area contributed by atoms with Crippen LogP contribution < -0.4 is 4.74 Å². The third-order valence-electron chi connectivity index (χ3n) is 3.93. The van der Waals surface area contributed by atoms with Gasteiger partial charge < -0.3 is 14.4 Å². The number of aromatic nitrogens is 1. The van der Waals surface area contributed by atoms with E-state index in [4.69, 9.17) is 13.8 Å². The highest BCUT2D eigenvalue weighted by Crippen LogP contribution is 2.53. The molecule has 0 saturated carbocycles. The molecule has 24 heavy (non-hydrogen) atoms. The maximum absolute atomic E-state index is 12.5. The molecule has 1 heterocycles. The number of ether oxygens (including phenoxy) is 1. The van der Waals surface area contributed by atoms with E-state index in [0.717, 1.165) is 0 Å². The van der Waals surface area contributed by atoms with Crippen LogP contribution in [0.25, 0.3) is 0 Å². The van der Waals surface area contributed by atoms with Crippen molar-refractivity contribution in [1.29, 1.82) is 0 Å². The van der Waals surface area contributed by atoms with E-state index in [-0.39, 0.29) is 5.75 Å². The number of pyridine rings is 1. The molecule has 2 rings (SSSR count). The van der Waals surface area contributed by atoms with Gasteiger partial charge in [-0.25, -0.2) is 0 Å². The Kier molecular flexibility index (Phi) is 5.33. The number of phenolic OH excluding ortho intramolecular Hbond substituents is 1. The predicted octanol–water partition coefficient (Wildman–Crippen LogP) is 3.85. The van der Waals surface area contributed by atoms with Gasteiger partial charge in [-0.15, -0.1) is 0 Å².